The fraction of sp³-hybridized carbons (Fsp3) is 0.917. The van der Waals surface area contributed by atoms with Gasteiger partial charge in [-0.15, -0.1) is 0 Å². The first kappa shape index (κ1) is 13.5. The maximum absolute atomic E-state index is 11.7. The van der Waals surface area contributed by atoms with E-state index in [0.29, 0.717) is 19.1 Å². The molecular formula is C12H24N2O2. The molecule has 0 aromatic heterocycles. The molecule has 1 saturated heterocycles. The van der Waals surface area contributed by atoms with Crippen LogP contribution in [0, 0.1) is 0 Å². The van der Waals surface area contributed by atoms with Crippen LogP contribution in [0.15, 0.2) is 0 Å². The number of carbonyl (C=O) groups is 1. The van der Waals surface area contributed by atoms with Gasteiger partial charge in [-0.1, -0.05) is 0 Å². The third kappa shape index (κ3) is 4.49. The molecule has 1 amide bonds. The van der Waals surface area contributed by atoms with E-state index in [1.54, 1.807) is 4.90 Å². The molecule has 1 heterocycles. The Morgan fingerprint density at radius 2 is 2.06 bits per heavy atom. The van der Waals surface area contributed by atoms with Crippen molar-refractivity contribution in [3.8, 4) is 0 Å². The van der Waals surface area contributed by atoms with Crippen LogP contribution < -0.4 is 5.32 Å². The standard InChI is InChI=1S/C12H24N2O2/c1-10(2)14(3)12(15)6-9-16-11-4-7-13-8-5-11/h10-11,13H,4-9H2,1-3H3. The first-order valence-electron chi connectivity index (χ1n) is 6.19. The molecule has 1 aliphatic heterocycles. The first-order valence-corrected chi connectivity index (χ1v) is 6.19. The predicted molar refractivity (Wildman–Crippen MR) is 64.4 cm³/mol. The van der Waals surface area contributed by atoms with Crippen LogP contribution in [-0.4, -0.2) is 49.7 Å². The number of nitrogens with zero attached hydrogens (tertiary/aromatic N) is 1. The van der Waals surface area contributed by atoms with Gasteiger partial charge in [0.05, 0.1) is 19.1 Å². The average molecular weight is 228 g/mol. The molecular weight excluding hydrogens is 204 g/mol. The Morgan fingerprint density at radius 3 is 2.62 bits per heavy atom. The van der Waals surface area contributed by atoms with Crippen molar-refractivity contribution in [3.63, 3.8) is 0 Å². The Labute approximate surface area is 98.3 Å². The molecule has 1 fully saturated rings. The van der Waals surface area contributed by atoms with Crippen LogP contribution in [0.4, 0.5) is 0 Å². The summed E-state index contributed by atoms with van der Waals surface area (Å²) in [5, 5.41) is 3.29. The lowest BCUT2D eigenvalue weighted by Crippen LogP contribution is -2.35. The van der Waals surface area contributed by atoms with E-state index in [1.807, 2.05) is 20.9 Å². The van der Waals surface area contributed by atoms with Gasteiger partial charge in [-0.25, -0.2) is 0 Å². The van der Waals surface area contributed by atoms with Crippen molar-refractivity contribution in [2.45, 2.75) is 45.3 Å². The molecule has 0 radical (unpaired) electrons. The second kappa shape index (κ2) is 6.86. The van der Waals surface area contributed by atoms with Crippen molar-refractivity contribution in [1.82, 2.24) is 10.2 Å². The van der Waals surface area contributed by atoms with Gasteiger partial charge in [-0.3, -0.25) is 4.79 Å². The second-order valence-corrected chi connectivity index (χ2v) is 4.67. The van der Waals surface area contributed by atoms with Crippen LogP contribution in [0.3, 0.4) is 0 Å². The van der Waals surface area contributed by atoms with Gasteiger partial charge in [0, 0.05) is 13.1 Å². The Balaban J connectivity index is 2.12. The van der Waals surface area contributed by atoms with Crippen LogP contribution >= 0.6 is 0 Å². The molecule has 0 unspecified atom stereocenters. The van der Waals surface area contributed by atoms with E-state index in [2.05, 4.69) is 5.32 Å². The van der Waals surface area contributed by atoms with E-state index >= 15 is 0 Å². The van der Waals surface area contributed by atoms with Crippen molar-refractivity contribution in [3.05, 3.63) is 0 Å². The van der Waals surface area contributed by atoms with Crippen molar-refractivity contribution < 1.29 is 9.53 Å². The summed E-state index contributed by atoms with van der Waals surface area (Å²) >= 11 is 0. The zero-order valence-corrected chi connectivity index (χ0v) is 10.7. The number of piperidine rings is 1. The fourth-order valence-electron chi connectivity index (χ4n) is 1.74. The number of hydrogen-bond acceptors (Lipinski definition) is 3. The smallest absolute Gasteiger partial charge is 0.224 e. The van der Waals surface area contributed by atoms with Crippen molar-refractivity contribution in [1.29, 1.82) is 0 Å². The molecule has 0 atom stereocenters. The lowest BCUT2D eigenvalue weighted by Gasteiger charge is -2.24. The van der Waals surface area contributed by atoms with Crippen LogP contribution in [0.5, 0.6) is 0 Å². The summed E-state index contributed by atoms with van der Waals surface area (Å²) < 4.78 is 5.70. The number of carbonyl (C=O) groups excluding carboxylic acids is 1. The Morgan fingerprint density at radius 1 is 1.44 bits per heavy atom. The monoisotopic (exact) mass is 228 g/mol. The van der Waals surface area contributed by atoms with Gasteiger partial charge in [-0.05, 0) is 39.8 Å². The summed E-state index contributed by atoms with van der Waals surface area (Å²) in [7, 11) is 1.84. The minimum absolute atomic E-state index is 0.170. The summed E-state index contributed by atoms with van der Waals surface area (Å²) in [4.78, 5) is 13.4. The van der Waals surface area contributed by atoms with Crippen LogP contribution in [0.1, 0.15) is 33.1 Å². The average Bonchev–Trinajstić information content (AvgIpc) is 2.29. The second-order valence-electron chi connectivity index (χ2n) is 4.67. The maximum atomic E-state index is 11.7. The topological polar surface area (TPSA) is 41.6 Å². The minimum Gasteiger partial charge on any atom is -0.378 e. The Bertz CT molecular complexity index is 213. The number of amides is 1. The highest BCUT2D eigenvalue weighted by Gasteiger charge is 2.15. The van der Waals surface area contributed by atoms with Gasteiger partial charge in [-0.2, -0.15) is 0 Å². The van der Waals surface area contributed by atoms with Gasteiger partial charge in [0.1, 0.15) is 0 Å². The number of nitrogens with one attached hydrogen (secondary N) is 1. The van der Waals surface area contributed by atoms with Crippen LogP contribution in [0.2, 0.25) is 0 Å². The number of hydrogen-bond donors (Lipinski definition) is 1. The first-order chi connectivity index (χ1) is 7.61. The molecule has 4 nitrogen and oxygen atoms in total. The molecule has 0 bridgehead atoms. The van der Waals surface area contributed by atoms with Crippen molar-refractivity contribution in [2.75, 3.05) is 26.7 Å². The summed E-state index contributed by atoms with van der Waals surface area (Å²) in [6, 6.07) is 0.270. The summed E-state index contributed by atoms with van der Waals surface area (Å²) in [6.45, 7) is 6.66. The van der Waals surface area contributed by atoms with Gasteiger partial charge < -0.3 is 15.0 Å². The largest absolute Gasteiger partial charge is 0.378 e. The SMILES string of the molecule is CC(C)N(C)C(=O)CCOC1CCNCC1. The predicted octanol–water partition coefficient (Wildman–Crippen LogP) is 1.01. The summed E-state index contributed by atoms with van der Waals surface area (Å²) in [6.07, 6.45) is 2.97. The highest BCUT2D eigenvalue weighted by atomic mass is 16.5. The minimum atomic E-state index is 0.170. The number of rotatable bonds is 5. The van der Waals surface area contributed by atoms with E-state index in [4.69, 9.17) is 4.74 Å². The number of ether oxygens (including phenoxy) is 1. The molecule has 0 spiro atoms. The zero-order valence-electron chi connectivity index (χ0n) is 10.7. The van der Waals surface area contributed by atoms with Gasteiger partial charge in [0.2, 0.25) is 5.91 Å². The van der Waals surface area contributed by atoms with Crippen LogP contribution in [-0.2, 0) is 9.53 Å². The quantitative estimate of drug-likeness (QED) is 0.763. The lowest BCUT2D eigenvalue weighted by atomic mass is 10.1. The van der Waals surface area contributed by atoms with E-state index in [0.717, 1.165) is 25.9 Å². The molecule has 4 heteroatoms. The van der Waals surface area contributed by atoms with E-state index < -0.39 is 0 Å². The molecule has 0 aromatic carbocycles. The molecule has 1 aliphatic rings. The zero-order chi connectivity index (χ0) is 12.0. The van der Waals surface area contributed by atoms with E-state index in [-0.39, 0.29) is 11.9 Å². The highest BCUT2D eigenvalue weighted by Crippen LogP contribution is 2.08. The molecule has 1 rings (SSSR count). The molecule has 94 valence electrons. The third-order valence-corrected chi connectivity index (χ3v) is 3.12. The normalized spacial score (nSPS) is 17.8. The van der Waals surface area contributed by atoms with Crippen molar-refractivity contribution in [2.24, 2.45) is 0 Å². The molecule has 0 saturated carbocycles. The van der Waals surface area contributed by atoms with Crippen LogP contribution in [0.25, 0.3) is 0 Å². The molecule has 0 aliphatic carbocycles. The Kier molecular flexibility index (Phi) is 5.77. The fourth-order valence-corrected chi connectivity index (χ4v) is 1.74. The molecule has 1 N–H and O–H groups in total. The summed E-state index contributed by atoms with van der Waals surface area (Å²) in [5.41, 5.74) is 0. The van der Waals surface area contributed by atoms with Crippen molar-refractivity contribution >= 4 is 5.91 Å². The van der Waals surface area contributed by atoms with E-state index in [9.17, 15) is 4.79 Å². The lowest BCUT2D eigenvalue weighted by molar-refractivity contribution is -0.133. The highest BCUT2D eigenvalue weighted by molar-refractivity contribution is 5.76. The maximum Gasteiger partial charge on any atom is 0.224 e. The van der Waals surface area contributed by atoms with E-state index in [1.165, 1.54) is 0 Å². The summed E-state index contributed by atoms with van der Waals surface area (Å²) in [5.74, 6) is 0.170. The van der Waals surface area contributed by atoms with Gasteiger partial charge in [0.15, 0.2) is 0 Å². The third-order valence-electron chi connectivity index (χ3n) is 3.12. The molecule has 0 aromatic rings. The molecule has 16 heavy (non-hydrogen) atoms. The van der Waals surface area contributed by atoms with Gasteiger partial charge >= 0.3 is 0 Å². The van der Waals surface area contributed by atoms with Gasteiger partial charge in [0.25, 0.3) is 0 Å². The Hall–Kier alpha value is -0.610.